The summed E-state index contributed by atoms with van der Waals surface area (Å²) in [5.74, 6) is 0.106. The van der Waals surface area contributed by atoms with Crippen molar-refractivity contribution in [1.82, 2.24) is 0 Å². The number of rotatable bonds is 2. The van der Waals surface area contributed by atoms with Crippen LogP contribution in [0.5, 0.6) is 5.75 Å². The van der Waals surface area contributed by atoms with E-state index in [1.54, 1.807) is 6.07 Å². The Labute approximate surface area is 145 Å². The number of hydrogen-bond acceptors (Lipinski definition) is 0. The molecule has 117 valence electrons. The van der Waals surface area contributed by atoms with Crippen LogP contribution in [0.15, 0.2) is 91.0 Å². The standard InChI is InChI=1S/C24H15O/c25-22-15-14-21(23-19-12-6-7-13-20(19)24(22)23)18-11-5-4-10-17(18)16-8-2-1-3-9-16/h1-15H. The SMILES string of the molecule is [O]c1ccc(-c2ccccc2-c2ccccc2)c2c1=c1ccccc1=2. The average Bonchev–Trinajstić information content (AvgIpc) is 2.66. The summed E-state index contributed by atoms with van der Waals surface area (Å²) < 4.78 is 0. The maximum atomic E-state index is 12.4. The lowest BCUT2D eigenvalue weighted by Gasteiger charge is -2.14. The summed E-state index contributed by atoms with van der Waals surface area (Å²) in [6, 6.07) is 30.6. The van der Waals surface area contributed by atoms with E-state index < -0.39 is 0 Å². The van der Waals surface area contributed by atoms with Crippen LogP contribution in [0.2, 0.25) is 0 Å². The van der Waals surface area contributed by atoms with Gasteiger partial charge in [-0.1, -0.05) is 78.9 Å². The van der Waals surface area contributed by atoms with Gasteiger partial charge >= 0.3 is 0 Å². The molecule has 0 N–H and O–H groups in total. The molecular weight excluding hydrogens is 304 g/mol. The Morgan fingerprint density at radius 1 is 0.440 bits per heavy atom. The summed E-state index contributed by atoms with van der Waals surface area (Å²) in [4.78, 5) is 0. The molecule has 25 heavy (non-hydrogen) atoms. The van der Waals surface area contributed by atoms with Crippen molar-refractivity contribution < 1.29 is 5.11 Å². The van der Waals surface area contributed by atoms with Crippen LogP contribution in [0.25, 0.3) is 22.3 Å². The van der Waals surface area contributed by atoms with Crippen LogP contribution in [0.1, 0.15) is 0 Å². The van der Waals surface area contributed by atoms with Gasteiger partial charge in [-0.2, -0.15) is 0 Å². The second kappa shape index (κ2) is 5.35. The van der Waals surface area contributed by atoms with Crippen molar-refractivity contribution in [3.8, 4) is 28.0 Å². The van der Waals surface area contributed by atoms with Crippen molar-refractivity contribution in [2.45, 2.75) is 0 Å². The van der Waals surface area contributed by atoms with E-state index in [1.807, 2.05) is 30.3 Å². The zero-order chi connectivity index (χ0) is 16.8. The van der Waals surface area contributed by atoms with Gasteiger partial charge in [-0.05, 0) is 44.8 Å². The highest BCUT2D eigenvalue weighted by Crippen LogP contribution is 2.36. The first-order valence-electron chi connectivity index (χ1n) is 8.43. The van der Waals surface area contributed by atoms with Gasteiger partial charge in [-0.15, -0.1) is 0 Å². The molecule has 1 aliphatic carbocycles. The fourth-order valence-electron chi connectivity index (χ4n) is 3.80. The summed E-state index contributed by atoms with van der Waals surface area (Å²) in [5.41, 5.74) is 4.67. The average molecular weight is 319 g/mol. The van der Waals surface area contributed by atoms with Crippen molar-refractivity contribution in [3.63, 3.8) is 0 Å². The molecular formula is C24H15O. The van der Waals surface area contributed by atoms with Crippen LogP contribution >= 0.6 is 0 Å². The predicted molar refractivity (Wildman–Crippen MR) is 99.2 cm³/mol. The topological polar surface area (TPSA) is 19.9 Å². The molecule has 0 bridgehead atoms. The lowest BCUT2D eigenvalue weighted by molar-refractivity contribution is 0.351. The quantitative estimate of drug-likeness (QED) is 0.377. The fraction of sp³-hybridized carbons (Fsp3) is 0. The van der Waals surface area contributed by atoms with Crippen molar-refractivity contribution in [2.75, 3.05) is 0 Å². The second-order valence-electron chi connectivity index (χ2n) is 6.32. The van der Waals surface area contributed by atoms with Crippen molar-refractivity contribution in [2.24, 2.45) is 0 Å². The number of benzene rings is 4. The first kappa shape index (κ1) is 14.1. The Morgan fingerprint density at radius 3 is 1.80 bits per heavy atom. The summed E-state index contributed by atoms with van der Waals surface area (Å²) in [7, 11) is 0. The van der Waals surface area contributed by atoms with Gasteiger partial charge in [0.05, 0.1) is 0 Å². The summed E-state index contributed by atoms with van der Waals surface area (Å²) in [5, 5.41) is 16.6. The van der Waals surface area contributed by atoms with Crippen molar-refractivity contribution >= 4 is 0 Å². The maximum Gasteiger partial charge on any atom is 0.187 e. The van der Waals surface area contributed by atoms with E-state index in [-0.39, 0.29) is 5.75 Å². The zero-order valence-electron chi connectivity index (χ0n) is 13.6. The van der Waals surface area contributed by atoms with Crippen LogP contribution in [0.4, 0.5) is 0 Å². The van der Waals surface area contributed by atoms with Gasteiger partial charge in [-0.3, -0.25) is 5.11 Å². The smallest absolute Gasteiger partial charge is 0.187 e. The molecule has 0 aromatic heterocycles. The summed E-state index contributed by atoms with van der Waals surface area (Å²) in [6.07, 6.45) is 0. The van der Waals surface area contributed by atoms with E-state index in [1.165, 1.54) is 21.9 Å². The van der Waals surface area contributed by atoms with Gasteiger partial charge in [0.25, 0.3) is 0 Å². The van der Waals surface area contributed by atoms with Crippen LogP contribution in [-0.2, 0) is 5.11 Å². The minimum atomic E-state index is 0.106. The Morgan fingerprint density at radius 2 is 1.04 bits per heavy atom. The predicted octanol–water partition coefficient (Wildman–Crippen LogP) is 6.05. The Hall–Kier alpha value is -3.32. The number of fused-ring (bicyclic) bond motifs is 2. The molecule has 0 saturated heterocycles. The van der Waals surface area contributed by atoms with Crippen LogP contribution in [0, 0.1) is 20.9 Å². The molecule has 1 heteroatoms. The largest absolute Gasteiger partial charge is 0.289 e. The van der Waals surface area contributed by atoms with Gasteiger partial charge in [0, 0.05) is 10.4 Å². The lowest BCUT2D eigenvalue weighted by Crippen LogP contribution is -1.96. The first-order chi connectivity index (χ1) is 12.3. The minimum Gasteiger partial charge on any atom is -0.289 e. The van der Waals surface area contributed by atoms with E-state index in [0.29, 0.717) is 0 Å². The molecule has 0 unspecified atom stereocenters. The Kier molecular flexibility index (Phi) is 3.01. The molecule has 0 amide bonds. The zero-order valence-corrected chi connectivity index (χ0v) is 13.6. The molecule has 1 nitrogen and oxygen atoms in total. The third kappa shape index (κ3) is 2.03. The summed E-state index contributed by atoms with van der Waals surface area (Å²) in [6.45, 7) is 0. The third-order valence-electron chi connectivity index (χ3n) is 4.93. The highest BCUT2D eigenvalue weighted by molar-refractivity contribution is 5.84. The van der Waals surface area contributed by atoms with E-state index >= 15 is 0 Å². The highest BCUT2D eigenvalue weighted by Gasteiger charge is 2.15. The highest BCUT2D eigenvalue weighted by atomic mass is 16.3. The molecule has 0 saturated carbocycles. The van der Waals surface area contributed by atoms with Gasteiger partial charge in [0.15, 0.2) is 5.75 Å². The van der Waals surface area contributed by atoms with Gasteiger partial charge < -0.3 is 0 Å². The van der Waals surface area contributed by atoms with E-state index in [2.05, 4.69) is 54.6 Å². The number of hydrogen-bond donors (Lipinski definition) is 0. The van der Waals surface area contributed by atoms with E-state index in [9.17, 15) is 5.11 Å². The normalized spacial score (nSPS) is 11.4. The molecule has 4 aromatic carbocycles. The lowest BCUT2D eigenvalue weighted by atomic mass is 9.89. The third-order valence-corrected chi connectivity index (χ3v) is 4.93. The monoisotopic (exact) mass is 319 g/mol. The Bertz CT molecular complexity index is 1290. The molecule has 0 fully saturated rings. The Balaban J connectivity index is 1.88. The van der Waals surface area contributed by atoms with Gasteiger partial charge in [-0.25, -0.2) is 0 Å². The maximum absolute atomic E-state index is 12.4. The molecule has 0 spiro atoms. The van der Waals surface area contributed by atoms with E-state index in [4.69, 9.17) is 0 Å². The van der Waals surface area contributed by atoms with Crippen LogP contribution in [-0.4, -0.2) is 0 Å². The van der Waals surface area contributed by atoms with Crippen molar-refractivity contribution in [3.05, 3.63) is 112 Å². The molecule has 0 atom stereocenters. The van der Waals surface area contributed by atoms with Gasteiger partial charge in [0.2, 0.25) is 0 Å². The minimum absolute atomic E-state index is 0.106. The molecule has 0 heterocycles. The molecule has 0 aliphatic heterocycles. The first-order valence-corrected chi connectivity index (χ1v) is 8.43. The molecule has 1 radical (unpaired) electrons. The fourth-order valence-corrected chi connectivity index (χ4v) is 3.80. The molecule has 1 aliphatic rings. The van der Waals surface area contributed by atoms with Crippen LogP contribution < -0.4 is 0 Å². The van der Waals surface area contributed by atoms with Crippen molar-refractivity contribution in [1.29, 1.82) is 0 Å². The van der Waals surface area contributed by atoms with Gasteiger partial charge in [0.1, 0.15) is 0 Å². The molecule has 4 aromatic rings. The van der Waals surface area contributed by atoms with Crippen LogP contribution in [0.3, 0.4) is 0 Å². The summed E-state index contributed by atoms with van der Waals surface area (Å²) >= 11 is 0. The molecule has 5 rings (SSSR count). The second-order valence-corrected chi connectivity index (χ2v) is 6.32. The van der Waals surface area contributed by atoms with E-state index in [0.717, 1.165) is 21.2 Å².